The molecule has 3 aliphatic rings. The van der Waals surface area contributed by atoms with E-state index < -0.39 is 0 Å². The molecule has 0 aromatic carbocycles. The van der Waals surface area contributed by atoms with Crippen molar-refractivity contribution in [1.82, 2.24) is 25.1 Å². The third-order valence-electron chi connectivity index (χ3n) is 6.49. The fourth-order valence-electron chi connectivity index (χ4n) is 4.83. The molecule has 1 amide bonds. The first-order valence-electron chi connectivity index (χ1n) is 9.79. The van der Waals surface area contributed by atoms with Gasteiger partial charge in [-0.25, -0.2) is 4.98 Å². The molecule has 2 aromatic rings. The Balaban J connectivity index is 1.42. The summed E-state index contributed by atoms with van der Waals surface area (Å²) >= 11 is 0. The predicted molar refractivity (Wildman–Crippen MR) is 96.9 cm³/mol. The van der Waals surface area contributed by atoms with Gasteiger partial charge >= 0.3 is 0 Å². The summed E-state index contributed by atoms with van der Waals surface area (Å²) in [4.78, 5) is 24.2. The second-order valence-corrected chi connectivity index (χ2v) is 8.35. The molecular formula is C20H25N5O. The van der Waals surface area contributed by atoms with Crippen molar-refractivity contribution in [3.63, 3.8) is 0 Å². The Kier molecular flexibility index (Phi) is 3.62. The average molecular weight is 351 g/mol. The molecule has 1 N–H and O–H groups in total. The second kappa shape index (κ2) is 5.89. The number of nitrogens with one attached hydrogen (secondary N) is 1. The molecule has 2 aliphatic carbocycles. The molecule has 5 rings (SSSR count). The smallest absolute Gasteiger partial charge is 0.255 e. The lowest BCUT2D eigenvalue weighted by molar-refractivity contribution is 0.0773. The Labute approximate surface area is 153 Å². The van der Waals surface area contributed by atoms with Gasteiger partial charge in [0.2, 0.25) is 0 Å². The van der Waals surface area contributed by atoms with E-state index in [-0.39, 0.29) is 17.2 Å². The summed E-state index contributed by atoms with van der Waals surface area (Å²) in [5.74, 6) is 2.88. The number of amides is 1. The van der Waals surface area contributed by atoms with E-state index in [0.29, 0.717) is 11.5 Å². The van der Waals surface area contributed by atoms with Gasteiger partial charge in [0, 0.05) is 36.8 Å². The molecule has 6 heteroatoms. The zero-order chi connectivity index (χ0) is 17.7. The molecule has 26 heavy (non-hydrogen) atoms. The van der Waals surface area contributed by atoms with E-state index in [2.05, 4.69) is 15.2 Å². The largest absolute Gasteiger partial charge is 0.337 e. The van der Waals surface area contributed by atoms with Crippen molar-refractivity contribution in [2.45, 2.75) is 57.3 Å². The van der Waals surface area contributed by atoms with Gasteiger partial charge in [0.25, 0.3) is 5.91 Å². The van der Waals surface area contributed by atoms with Gasteiger partial charge < -0.3 is 4.90 Å². The number of aryl methyl sites for hydroxylation is 1. The van der Waals surface area contributed by atoms with E-state index in [1.165, 1.54) is 38.5 Å². The second-order valence-electron chi connectivity index (χ2n) is 8.35. The number of hydrogen-bond donors (Lipinski definition) is 1. The lowest BCUT2D eigenvalue weighted by atomic mass is 9.76. The summed E-state index contributed by atoms with van der Waals surface area (Å²) in [5, 5.41) is 7.68. The summed E-state index contributed by atoms with van der Waals surface area (Å²) < 4.78 is 0. The van der Waals surface area contributed by atoms with E-state index in [0.717, 1.165) is 30.4 Å². The van der Waals surface area contributed by atoms with E-state index in [1.54, 1.807) is 6.20 Å². The summed E-state index contributed by atoms with van der Waals surface area (Å²) in [6.07, 6.45) is 8.95. The van der Waals surface area contributed by atoms with Crippen molar-refractivity contribution in [1.29, 1.82) is 0 Å². The van der Waals surface area contributed by atoms with Crippen LogP contribution < -0.4 is 0 Å². The number of aromatic amines is 1. The van der Waals surface area contributed by atoms with Crippen molar-refractivity contribution in [2.24, 2.45) is 5.41 Å². The normalized spacial score (nSPS) is 24.5. The molecule has 0 radical (unpaired) electrons. The summed E-state index contributed by atoms with van der Waals surface area (Å²) in [7, 11) is 0. The van der Waals surface area contributed by atoms with E-state index >= 15 is 0 Å². The fraction of sp³-hybridized carbons (Fsp3) is 0.600. The number of H-pyrrole nitrogens is 1. The van der Waals surface area contributed by atoms with Gasteiger partial charge in [0.15, 0.2) is 5.82 Å². The number of rotatable bonds is 3. The molecule has 1 aliphatic heterocycles. The average Bonchev–Trinajstić information content (AvgIpc) is 3.08. The van der Waals surface area contributed by atoms with Gasteiger partial charge in [-0.15, -0.1) is 0 Å². The van der Waals surface area contributed by atoms with Crippen LogP contribution in [0.5, 0.6) is 0 Å². The molecular weight excluding hydrogens is 326 g/mol. The van der Waals surface area contributed by atoms with Crippen molar-refractivity contribution < 1.29 is 4.79 Å². The number of nitrogens with zero attached hydrogens (tertiary/aromatic N) is 4. The SMILES string of the molecule is Cc1ccc(C(=O)N2CC(c3nc(C4CC4)n[nH]3)C3(CCCC3)C2)cn1. The summed E-state index contributed by atoms with van der Waals surface area (Å²) in [6.45, 7) is 3.49. The molecule has 1 spiro atoms. The van der Waals surface area contributed by atoms with Gasteiger partial charge in [-0.05, 0) is 50.2 Å². The molecule has 0 bridgehead atoms. The number of aromatic nitrogens is 4. The zero-order valence-electron chi connectivity index (χ0n) is 15.2. The summed E-state index contributed by atoms with van der Waals surface area (Å²) in [5.41, 5.74) is 1.77. The molecule has 3 heterocycles. The van der Waals surface area contributed by atoms with Crippen LogP contribution in [0.4, 0.5) is 0 Å². The van der Waals surface area contributed by atoms with E-state index in [1.807, 2.05) is 24.0 Å². The predicted octanol–water partition coefficient (Wildman–Crippen LogP) is 3.19. The maximum absolute atomic E-state index is 13.0. The molecule has 1 saturated heterocycles. The Morgan fingerprint density at radius 1 is 1.27 bits per heavy atom. The standard InChI is InChI=1S/C20H25N5O/c1-13-4-5-15(10-21-13)19(26)25-11-16(20(12-25)8-2-3-9-20)18-22-17(23-24-18)14-6-7-14/h4-5,10,14,16H,2-3,6-9,11-12H2,1H3,(H,22,23,24). The topological polar surface area (TPSA) is 74.8 Å². The van der Waals surface area contributed by atoms with Crippen LogP contribution in [0.3, 0.4) is 0 Å². The van der Waals surface area contributed by atoms with Gasteiger partial charge in [0.05, 0.1) is 5.56 Å². The van der Waals surface area contributed by atoms with Crippen LogP contribution in [0, 0.1) is 12.3 Å². The molecule has 136 valence electrons. The van der Waals surface area contributed by atoms with Crippen LogP contribution >= 0.6 is 0 Å². The number of hydrogen-bond acceptors (Lipinski definition) is 4. The quantitative estimate of drug-likeness (QED) is 0.921. The van der Waals surface area contributed by atoms with Crippen molar-refractivity contribution >= 4 is 5.91 Å². The minimum Gasteiger partial charge on any atom is -0.337 e. The van der Waals surface area contributed by atoms with E-state index in [4.69, 9.17) is 4.98 Å². The third kappa shape index (κ3) is 2.63. The Hall–Kier alpha value is -2.24. The Morgan fingerprint density at radius 3 is 2.77 bits per heavy atom. The van der Waals surface area contributed by atoms with Crippen LogP contribution in [-0.2, 0) is 0 Å². The highest BCUT2D eigenvalue weighted by atomic mass is 16.2. The van der Waals surface area contributed by atoms with Crippen LogP contribution in [0.15, 0.2) is 18.3 Å². The molecule has 2 saturated carbocycles. The van der Waals surface area contributed by atoms with Crippen LogP contribution in [0.2, 0.25) is 0 Å². The molecule has 3 fully saturated rings. The van der Waals surface area contributed by atoms with E-state index in [9.17, 15) is 4.79 Å². The van der Waals surface area contributed by atoms with Crippen molar-refractivity contribution in [2.75, 3.05) is 13.1 Å². The van der Waals surface area contributed by atoms with Crippen LogP contribution in [0.25, 0.3) is 0 Å². The lowest BCUT2D eigenvalue weighted by Crippen LogP contribution is -2.31. The third-order valence-corrected chi connectivity index (χ3v) is 6.49. The first kappa shape index (κ1) is 16.0. The highest BCUT2D eigenvalue weighted by Crippen LogP contribution is 2.53. The lowest BCUT2D eigenvalue weighted by Gasteiger charge is -2.28. The zero-order valence-corrected chi connectivity index (χ0v) is 15.2. The summed E-state index contributed by atoms with van der Waals surface area (Å²) in [6, 6.07) is 3.80. The number of carbonyl (C=O) groups is 1. The van der Waals surface area contributed by atoms with Gasteiger partial charge in [-0.1, -0.05) is 12.8 Å². The minimum absolute atomic E-state index is 0.0909. The van der Waals surface area contributed by atoms with Gasteiger partial charge in [-0.3, -0.25) is 14.9 Å². The minimum atomic E-state index is 0.0909. The highest BCUT2D eigenvalue weighted by Gasteiger charge is 2.51. The monoisotopic (exact) mass is 351 g/mol. The maximum Gasteiger partial charge on any atom is 0.255 e. The van der Waals surface area contributed by atoms with Crippen LogP contribution in [0.1, 0.15) is 78.1 Å². The van der Waals surface area contributed by atoms with Gasteiger partial charge in [0.1, 0.15) is 5.82 Å². The van der Waals surface area contributed by atoms with Gasteiger partial charge in [-0.2, -0.15) is 5.10 Å². The van der Waals surface area contributed by atoms with Crippen molar-refractivity contribution in [3.8, 4) is 0 Å². The van der Waals surface area contributed by atoms with Crippen LogP contribution in [-0.4, -0.2) is 44.1 Å². The number of likely N-dealkylation sites (tertiary alicyclic amines) is 1. The fourth-order valence-corrected chi connectivity index (χ4v) is 4.83. The number of carbonyl (C=O) groups excluding carboxylic acids is 1. The molecule has 6 nitrogen and oxygen atoms in total. The van der Waals surface area contributed by atoms with Crippen molar-refractivity contribution in [3.05, 3.63) is 41.2 Å². The Bertz CT molecular complexity index is 817. The Morgan fingerprint density at radius 2 is 2.08 bits per heavy atom. The first-order valence-corrected chi connectivity index (χ1v) is 9.79. The first-order chi connectivity index (χ1) is 12.6. The highest BCUT2D eigenvalue weighted by molar-refractivity contribution is 5.94. The molecule has 1 unspecified atom stereocenters. The number of pyridine rings is 1. The maximum atomic E-state index is 13.0. The molecule has 1 atom stereocenters. The molecule has 2 aromatic heterocycles.